The van der Waals surface area contributed by atoms with Crippen LogP contribution in [0.5, 0.6) is 0 Å². The van der Waals surface area contributed by atoms with E-state index in [9.17, 15) is 14.0 Å². The summed E-state index contributed by atoms with van der Waals surface area (Å²) in [6, 6.07) is 3.64. The van der Waals surface area contributed by atoms with Crippen molar-refractivity contribution in [3.05, 3.63) is 35.8 Å². The summed E-state index contributed by atoms with van der Waals surface area (Å²) in [6.45, 7) is 6.33. The molecule has 8 nitrogen and oxygen atoms in total. The third-order valence-corrected chi connectivity index (χ3v) is 4.64. The first-order chi connectivity index (χ1) is 13.2. The molecule has 9 heteroatoms. The van der Waals surface area contributed by atoms with Gasteiger partial charge < -0.3 is 9.64 Å². The third-order valence-electron chi connectivity index (χ3n) is 4.64. The van der Waals surface area contributed by atoms with E-state index in [-0.39, 0.29) is 6.54 Å². The van der Waals surface area contributed by atoms with Gasteiger partial charge in [0.1, 0.15) is 17.6 Å². The number of carbonyl (C=O) groups excluding carboxylic acids is 2. The number of carbonyl (C=O) groups is 2. The highest BCUT2D eigenvalue weighted by Gasteiger charge is 2.37. The molecule has 0 N–H and O–H groups in total. The summed E-state index contributed by atoms with van der Waals surface area (Å²) in [4.78, 5) is 32.1. The second kappa shape index (κ2) is 6.57. The number of rotatable bonds is 2. The predicted octanol–water partition coefficient (Wildman–Crippen LogP) is 2.71. The van der Waals surface area contributed by atoms with E-state index in [2.05, 4.69) is 10.1 Å². The Balaban J connectivity index is 1.49. The van der Waals surface area contributed by atoms with E-state index < -0.39 is 23.8 Å². The summed E-state index contributed by atoms with van der Waals surface area (Å²) in [5.41, 5.74) is 0.891. The molecule has 0 unspecified atom stereocenters. The zero-order valence-corrected chi connectivity index (χ0v) is 16.1. The maximum absolute atomic E-state index is 13.4. The highest BCUT2D eigenvalue weighted by molar-refractivity contribution is 6.06. The van der Waals surface area contributed by atoms with Gasteiger partial charge in [0, 0.05) is 12.7 Å². The summed E-state index contributed by atoms with van der Waals surface area (Å²) in [5, 5.41) is 4.41. The van der Waals surface area contributed by atoms with Crippen LogP contribution >= 0.6 is 0 Å². The second-order valence-electron chi connectivity index (χ2n) is 8.01. The van der Waals surface area contributed by atoms with E-state index in [1.165, 1.54) is 0 Å². The number of aromatic nitrogens is 3. The topological polar surface area (TPSA) is 80.6 Å². The fourth-order valence-electron chi connectivity index (χ4n) is 3.30. The van der Waals surface area contributed by atoms with E-state index >= 15 is 0 Å². The molecule has 0 radical (unpaired) electrons. The summed E-state index contributed by atoms with van der Waals surface area (Å²) in [5.74, 6) is 0.293. The largest absolute Gasteiger partial charge is 0.443 e. The Morgan fingerprint density at radius 2 is 2.11 bits per heavy atom. The molecule has 2 aliphatic rings. The monoisotopic (exact) mass is 387 g/mol. The molecule has 0 bridgehead atoms. The van der Waals surface area contributed by atoms with Crippen molar-refractivity contribution in [1.29, 1.82) is 0 Å². The van der Waals surface area contributed by atoms with Crippen molar-refractivity contribution in [2.45, 2.75) is 45.5 Å². The van der Waals surface area contributed by atoms with Gasteiger partial charge >= 0.3 is 6.09 Å². The van der Waals surface area contributed by atoms with Crippen molar-refractivity contribution in [3.8, 4) is 5.69 Å². The van der Waals surface area contributed by atoms with Crippen LogP contribution in [0, 0.1) is 0 Å². The molecular formula is C19H22FN5O3. The number of amides is 2. The molecule has 0 aliphatic carbocycles. The summed E-state index contributed by atoms with van der Waals surface area (Å²) >= 11 is 0. The fourth-order valence-corrected chi connectivity index (χ4v) is 3.30. The number of hydrogen-bond acceptors (Lipinski definition) is 6. The molecule has 0 aromatic carbocycles. The molecule has 2 aromatic rings. The smallest absolute Gasteiger partial charge is 0.417 e. The van der Waals surface area contributed by atoms with Gasteiger partial charge in [-0.25, -0.2) is 23.8 Å². The minimum atomic E-state index is -0.811. The van der Waals surface area contributed by atoms with Crippen LogP contribution in [-0.2, 0) is 11.3 Å². The predicted molar refractivity (Wildman–Crippen MR) is 99.2 cm³/mol. The van der Waals surface area contributed by atoms with Crippen molar-refractivity contribution in [2.75, 3.05) is 18.0 Å². The highest BCUT2D eigenvalue weighted by atomic mass is 19.1. The van der Waals surface area contributed by atoms with Crippen molar-refractivity contribution in [3.63, 3.8) is 0 Å². The number of fused-ring (bicyclic) bond motifs is 1. The average Bonchev–Trinajstić information content (AvgIpc) is 3.30. The summed E-state index contributed by atoms with van der Waals surface area (Å²) in [6.07, 6.45) is 2.26. The number of ether oxygens (including phenoxy) is 1. The molecule has 1 fully saturated rings. The van der Waals surface area contributed by atoms with Crippen LogP contribution in [0.3, 0.4) is 0 Å². The van der Waals surface area contributed by atoms with Crippen molar-refractivity contribution in [1.82, 2.24) is 19.7 Å². The van der Waals surface area contributed by atoms with Crippen molar-refractivity contribution < 1.29 is 18.7 Å². The van der Waals surface area contributed by atoms with Gasteiger partial charge in [0.15, 0.2) is 0 Å². The van der Waals surface area contributed by atoms with Gasteiger partial charge in [-0.15, -0.1) is 0 Å². The number of anilines is 1. The van der Waals surface area contributed by atoms with Crippen LogP contribution in [0.15, 0.2) is 24.5 Å². The lowest BCUT2D eigenvalue weighted by Gasteiger charge is -2.23. The molecule has 1 saturated heterocycles. The molecule has 2 aliphatic heterocycles. The molecule has 2 aromatic heterocycles. The minimum absolute atomic E-state index is 0.0766. The maximum atomic E-state index is 13.4. The van der Waals surface area contributed by atoms with E-state index in [1.54, 1.807) is 37.8 Å². The standard InChI is InChI=1S/C19H22FN5O3/c1-19(2,3)28-18(27)24-11-15-14(17(24)26)10-25(22-15)13-4-5-16(21-8-13)23-7-6-12(20)9-23/h4-5,8,10,12H,6-7,9,11H2,1-3H3/t12-/m1/s1. The highest BCUT2D eigenvalue weighted by Crippen LogP contribution is 2.26. The summed E-state index contributed by atoms with van der Waals surface area (Å²) in [7, 11) is 0. The molecule has 1 atom stereocenters. The lowest BCUT2D eigenvalue weighted by Crippen LogP contribution is -2.37. The van der Waals surface area contributed by atoms with Gasteiger partial charge in [-0.3, -0.25) is 4.79 Å². The number of alkyl halides is 1. The van der Waals surface area contributed by atoms with Crippen LogP contribution in [-0.4, -0.2) is 56.5 Å². The van der Waals surface area contributed by atoms with E-state index in [0.29, 0.717) is 36.5 Å². The van der Waals surface area contributed by atoms with Gasteiger partial charge in [0.05, 0.1) is 36.2 Å². The Bertz CT molecular complexity index is 919. The van der Waals surface area contributed by atoms with Gasteiger partial charge in [-0.2, -0.15) is 5.10 Å². The first-order valence-electron chi connectivity index (χ1n) is 9.20. The number of nitrogens with zero attached hydrogens (tertiary/aromatic N) is 5. The van der Waals surface area contributed by atoms with Gasteiger partial charge in [0.2, 0.25) is 0 Å². The normalized spacial score (nSPS) is 19.3. The quantitative estimate of drug-likeness (QED) is 0.788. The second-order valence-corrected chi connectivity index (χ2v) is 8.01. The van der Waals surface area contributed by atoms with E-state index in [1.807, 2.05) is 17.0 Å². The zero-order chi connectivity index (χ0) is 20.1. The molecule has 4 heterocycles. The van der Waals surface area contributed by atoms with Crippen molar-refractivity contribution in [2.24, 2.45) is 0 Å². The molecular weight excluding hydrogens is 365 g/mol. The Morgan fingerprint density at radius 1 is 1.32 bits per heavy atom. The van der Waals surface area contributed by atoms with Crippen molar-refractivity contribution >= 4 is 17.8 Å². The first kappa shape index (κ1) is 18.4. The molecule has 4 rings (SSSR count). The van der Waals surface area contributed by atoms with Crippen LogP contribution < -0.4 is 4.90 Å². The zero-order valence-electron chi connectivity index (χ0n) is 16.1. The van der Waals surface area contributed by atoms with Crippen LogP contribution in [0.1, 0.15) is 43.2 Å². The molecule has 28 heavy (non-hydrogen) atoms. The number of pyridine rings is 1. The molecule has 148 valence electrons. The van der Waals surface area contributed by atoms with Gasteiger partial charge in [-0.05, 0) is 39.3 Å². The van der Waals surface area contributed by atoms with E-state index in [4.69, 9.17) is 4.74 Å². The Hall–Kier alpha value is -2.97. The molecule has 0 spiro atoms. The van der Waals surface area contributed by atoms with E-state index in [0.717, 1.165) is 10.7 Å². The van der Waals surface area contributed by atoms with Gasteiger partial charge in [-0.1, -0.05) is 0 Å². The fraction of sp³-hybridized carbons (Fsp3) is 0.474. The molecule has 0 saturated carbocycles. The Morgan fingerprint density at radius 3 is 2.68 bits per heavy atom. The Labute approximate surface area is 161 Å². The van der Waals surface area contributed by atoms with Crippen LogP contribution in [0.4, 0.5) is 15.0 Å². The number of halogens is 1. The van der Waals surface area contributed by atoms with Crippen LogP contribution in [0.2, 0.25) is 0 Å². The first-order valence-corrected chi connectivity index (χ1v) is 9.20. The van der Waals surface area contributed by atoms with Gasteiger partial charge in [0.25, 0.3) is 5.91 Å². The average molecular weight is 387 g/mol. The SMILES string of the molecule is CC(C)(C)OC(=O)N1Cc2nn(-c3ccc(N4CC[C@@H](F)C4)nc3)cc2C1=O. The number of hydrogen-bond donors (Lipinski definition) is 0. The summed E-state index contributed by atoms with van der Waals surface area (Å²) < 4.78 is 20.2. The lowest BCUT2D eigenvalue weighted by molar-refractivity contribution is 0.0246. The third kappa shape index (κ3) is 3.44. The van der Waals surface area contributed by atoms with Crippen LogP contribution in [0.25, 0.3) is 5.69 Å². The number of imide groups is 1. The minimum Gasteiger partial charge on any atom is -0.443 e. The molecule has 2 amide bonds. The lowest BCUT2D eigenvalue weighted by atomic mass is 10.2. The Kier molecular flexibility index (Phi) is 4.32. The maximum Gasteiger partial charge on any atom is 0.417 e.